The number of nitrogens with zero attached hydrogens (tertiary/aromatic N) is 2. The fourth-order valence-electron chi connectivity index (χ4n) is 1.97. The van der Waals surface area contributed by atoms with Crippen LogP contribution in [0.25, 0.3) is 0 Å². The van der Waals surface area contributed by atoms with Crippen LogP contribution in [0.4, 0.5) is 4.79 Å². The smallest absolute Gasteiger partial charge is 0.410 e. The Morgan fingerprint density at radius 2 is 1.95 bits per heavy atom. The summed E-state index contributed by atoms with van der Waals surface area (Å²) in [6.45, 7) is 7.94. The van der Waals surface area contributed by atoms with Crippen LogP contribution in [0.2, 0.25) is 0 Å². The summed E-state index contributed by atoms with van der Waals surface area (Å²) in [5.74, 6) is 0.994. The summed E-state index contributed by atoms with van der Waals surface area (Å²) in [4.78, 5) is 17.5. The highest BCUT2D eigenvalue weighted by Gasteiger charge is 2.26. The van der Waals surface area contributed by atoms with Crippen LogP contribution in [0.3, 0.4) is 0 Å². The number of carbonyl (C=O) groups is 1. The number of aliphatic imine (C=N–C) groups is 1. The highest BCUT2D eigenvalue weighted by atomic mass is 127. The van der Waals surface area contributed by atoms with E-state index in [1.165, 1.54) is 0 Å². The number of hydrogen-bond acceptors (Lipinski definition) is 3. The minimum Gasteiger partial charge on any atom is -0.444 e. The second-order valence-corrected chi connectivity index (χ2v) is 5.90. The maximum absolute atomic E-state index is 11.9. The van der Waals surface area contributed by atoms with Gasteiger partial charge in [-0.05, 0) is 39.5 Å². The molecule has 0 unspecified atom stereocenters. The predicted octanol–water partition coefficient (Wildman–Crippen LogP) is 1.79. The number of likely N-dealkylation sites (tertiary alicyclic amines) is 1. The average Bonchev–Trinajstić information content (AvgIpc) is 2.34. The van der Waals surface area contributed by atoms with Crippen molar-refractivity contribution in [1.82, 2.24) is 10.2 Å². The van der Waals surface area contributed by atoms with E-state index in [2.05, 4.69) is 10.3 Å². The van der Waals surface area contributed by atoms with Gasteiger partial charge in [0.05, 0.1) is 0 Å². The molecule has 1 aliphatic heterocycles. The average molecular weight is 398 g/mol. The zero-order valence-corrected chi connectivity index (χ0v) is 15.1. The zero-order chi connectivity index (χ0) is 14.5. The van der Waals surface area contributed by atoms with Gasteiger partial charge >= 0.3 is 6.09 Å². The molecular weight excluding hydrogens is 371 g/mol. The molecule has 1 saturated heterocycles. The highest BCUT2D eigenvalue weighted by molar-refractivity contribution is 14.0. The van der Waals surface area contributed by atoms with Gasteiger partial charge in [-0.15, -0.1) is 24.0 Å². The van der Waals surface area contributed by atoms with Gasteiger partial charge in [0, 0.05) is 26.7 Å². The van der Waals surface area contributed by atoms with Crippen LogP contribution in [0.1, 0.15) is 33.6 Å². The SMILES string of the molecule is CN=C(N)NCC1CCN(C(=O)OC(C)(C)C)CC1.I. The first-order chi connectivity index (χ1) is 8.81. The number of piperidine rings is 1. The van der Waals surface area contributed by atoms with Gasteiger partial charge < -0.3 is 20.7 Å². The molecule has 0 bridgehead atoms. The van der Waals surface area contributed by atoms with E-state index in [1.54, 1.807) is 11.9 Å². The summed E-state index contributed by atoms with van der Waals surface area (Å²) in [5.41, 5.74) is 5.16. The molecule has 7 heteroatoms. The number of nitrogens with two attached hydrogens (primary N) is 1. The number of halogens is 1. The Balaban J connectivity index is 0.00000361. The van der Waals surface area contributed by atoms with E-state index >= 15 is 0 Å². The Labute approximate surface area is 138 Å². The van der Waals surface area contributed by atoms with Crippen LogP contribution >= 0.6 is 24.0 Å². The summed E-state index contributed by atoms with van der Waals surface area (Å²) >= 11 is 0. The third kappa shape index (κ3) is 7.16. The Morgan fingerprint density at radius 3 is 2.40 bits per heavy atom. The number of amides is 1. The molecule has 0 radical (unpaired) electrons. The number of ether oxygens (including phenoxy) is 1. The summed E-state index contributed by atoms with van der Waals surface area (Å²) in [6, 6.07) is 0. The normalized spacial score (nSPS) is 17.4. The molecule has 0 aromatic heterocycles. The molecule has 0 spiro atoms. The second-order valence-electron chi connectivity index (χ2n) is 5.90. The second kappa shape index (κ2) is 8.53. The van der Waals surface area contributed by atoms with Gasteiger partial charge in [-0.1, -0.05) is 0 Å². The van der Waals surface area contributed by atoms with E-state index in [0.717, 1.165) is 32.5 Å². The lowest BCUT2D eigenvalue weighted by Crippen LogP contribution is -2.44. The van der Waals surface area contributed by atoms with Crippen molar-refractivity contribution in [2.24, 2.45) is 16.6 Å². The van der Waals surface area contributed by atoms with Gasteiger partial charge in [0.1, 0.15) is 5.60 Å². The molecule has 0 atom stereocenters. The van der Waals surface area contributed by atoms with Gasteiger partial charge in [-0.3, -0.25) is 4.99 Å². The quantitative estimate of drug-likeness (QED) is 0.422. The van der Waals surface area contributed by atoms with E-state index in [1.807, 2.05) is 20.8 Å². The maximum atomic E-state index is 11.9. The summed E-state index contributed by atoms with van der Waals surface area (Å²) in [6.07, 6.45) is 1.71. The summed E-state index contributed by atoms with van der Waals surface area (Å²) in [7, 11) is 1.66. The Hall–Kier alpha value is -0.730. The van der Waals surface area contributed by atoms with Crippen molar-refractivity contribution in [3.05, 3.63) is 0 Å². The van der Waals surface area contributed by atoms with Crippen molar-refractivity contribution >= 4 is 36.0 Å². The number of carbonyl (C=O) groups excluding carboxylic acids is 1. The number of nitrogens with one attached hydrogen (secondary N) is 1. The van der Waals surface area contributed by atoms with E-state index < -0.39 is 5.60 Å². The molecule has 0 aliphatic carbocycles. The van der Waals surface area contributed by atoms with Crippen LogP contribution < -0.4 is 11.1 Å². The lowest BCUT2D eigenvalue weighted by atomic mass is 9.97. The van der Waals surface area contributed by atoms with Gasteiger partial charge in [-0.2, -0.15) is 0 Å². The minimum atomic E-state index is -0.429. The van der Waals surface area contributed by atoms with Crippen molar-refractivity contribution in [1.29, 1.82) is 0 Å². The first-order valence-electron chi connectivity index (χ1n) is 6.76. The van der Waals surface area contributed by atoms with Crippen molar-refractivity contribution in [2.45, 2.75) is 39.2 Å². The molecule has 0 saturated carbocycles. The number of rotatable bonds is 2. The van der Waals surface area contributed by atoms with Gasteiger partial charge in [0.2, 0.25) is 0 Å². The molecule has 1 aliphatic rings. The Morgan fingerprint density at radius 1 is 1.40 bits per heavy atom. The minimum absolute atomic E-state index is 0. The Kier molecular flexibility index (Phi) is 8.22. The van der Waals surface area contributed by atoms with E-state index in [-0.39, 0.29) is 30.1 Å². The van der Waals surface area contributed by atoms with E-state index in [9.17, 15) is 4.79 Å². The van der Waals surface area contributed by atoms with Crippen molar-refractivity contribution in [2.75, 3.05) is 26.7 Å². The summed E-state index contributed by atoms with van der Waals surface area (Å²) < 4.78 is 5.36. The molecule has 6 nitrogen and oxygen atoms in total. The molecule has 20 heavy (non-hydrogen) atoms. The lowest BCUT2D eigenvalue weighted by molar-refractivity contribution is 0.0185. The van der Waals surface area contributed by atoms with Crippen LogP contribution in [0.15, 0.2) is 4.99 Å². The molecular formula is C13H27IN4O2. The third-order valence-electron chi connectivity index (χ3n) is 3.08. The van der Waals surface area contributed by atoms with Gasteiger partial charge in [0.25, 0.3) is 0 Å². The predicted molar refractivity (Wildman–Crippen MR) is 91.5 cm³/mol. The topological polar surface area (TPSA) is 80.0 Å². The van der Waals surface area contributed by atoms with E-state index in [4.69, 9.17) is 10.5 Å². The molecule has 0 aromatic rings. The Bertz CT molecular complexity index is 334. The third-order valence-corrected chi connectivity index (χ3v) is 3.08. The zero-order valence-electron chi connectivity index (χ0n) is 12.8. The first-order valence-corrected chi connectivity index (χ1v) is 6.76. The summed E-state index contributed by atoms with van der Waals surface area (Å²) in [5, 5.41) is 3.08. The van der Waals surface area contributed by atoms with E-state index in [0.29, 0.717) is 11.9 Å². The molecule has 1 heterocycles. The van der Waals surface area contributed by atoms with Crippen LogP contribution in [0.5, 0.6) is 0 Å². The number of guanidine groups is 1. The van der Waals surface area contributed by atoms with Crippen molar-refractivity contribution in [3.8, 4) is 0 Å². The number of hydrogen-bond donors (Lipinski definition) is 2. The maximum Gasteiger partial charge on any atom is 0.410 e. The fourth-order valence-corrected chi connectivity index (χ4v) is 1.97. The van der Waals surface area contributed by atoms with Crippen LogP contribution in [-0.4, -0.2) is 49.2 Å². The molecule has 1 amide bonds. The van der Waals surface area contributed by atoms with Crippen LogP contribution in [0, 0.1) is 5.92 Å². The van der Waals surface area contributed by atoms with Crippen molar-refractivity contribution in [3.63, 3.8) is 0 Å². The monoisotopic (exact) mass is 398 g/mol. The largest absolute Gasteiger partial charge is 0.444 e. The van der Waals surface area contributed by atoms with Gasteiger partial charge in [-0.25, -0.2) is 4.79 Å². The fraction of sp³-hybridized carbons (Fsp3) is 0.846. The molecule has 0 aromatic carbocycles. The molecule has 3 N–H and O–H groups in total. The standard InChI is InChI=1S/C13H26N4O2.HI/c1-13(2,3)19-12(18)17-7-5-10(6-8-17)9-16-11(14)15-4;/h10H,5-9H2,1-4H3,(H3,14,15,16);1H. The van der Waals surface area contributed by atoms with Crippen molar-refractivity contribution < 1.29 is 9.53 Å². The molecule has 118 valence electrons. The first kappa shape index (κ1) is 19.3. The van der Waals surface area contributed by atoms with Gasteiger partial charge in [0.15, 0.2) is 5.96 Å². The van der Waals surface area contributed by atoms with Crippen LogP contribution in [-0.2, 0) is 4.74 Å². The highest BCUT2D eigenvalue weighted by Crippen LogP contribution is 2.19. The lowest BCUT2D eigenvalue weighted by Gasteiger charge is -2.33. The molecule has 1 fully saturated rings. The molecule has 1 rings (SSSR count).